The number of imide groups is 1. The van der Waals surface area contributed by atoms with Gasteiger partial charge in [-0.2, -0.15) is 0 Å². The summed E-state index contributed by atoms with van der Waals surface area (Å²) in [7, 11) is 1.54. The van der Waals surface area contributed by atoms with Gasteiger partial charge in [0.25, 0.3) is 11.1 Å². The van der Waals surface area contributed by atoms with Gasteiger partial charge in [-0.1, -0.05) is 29.8 Å². The summed E-state index contributed by atoms with van der Waals surface area (Å²) in [6.07, 6.45) is 1.56. The molecule has 1 saturated heterocycles. The number of anilines is 1. The van der Waals surface area contributed by atoms with Crippen molar-refractivity contribution in [2.45, 2.75) is 20.8 Å². The second-order valence-electron chi connectivity index (χ2n) is 8.78. The molecule has 0 unspecified atom stereocenters. The standard InChI is InChI=1S/C29H26N2O6S/c1-17-13-18(2)26(19(3)14-17)30-25(32)16-31-27(33)24(38-29(31)35)15-20-5-9-23(10-6-20)37-28(34)21-7-11-22(36-4)12-8-21/h5-15H,16H2,1-4H3,(H,30,32)/b24-15+. The fourth-order valence-electron chi connectivity index (χ4n) is 4.01. The lowest BCUT2D eigenvalue weighted by Crippen LogP contribution is -2.36. The molecule has 8 nitrogen and oxygen atoms in total. The zero-order chi connectivity index (χ0) is 27.4. The lowest BCUT2D eigenvalue weighted by atomic mass is 10.1. The van der Waals surface area contributed by atoms with Gasteiger partial charge in [-0.05, 0) is 91.7 Å². The molecule has 3 aromatic carbocycles. The van der Waals surface area contributed by atoms with Crippen molar-refractivity contribution in [3.63, 3.8) is 0 Å². The first-order valence-electron chi connectivity index (χ1n) is 11.7. The maximum atomic E-state index is 12.9. The van der Waals surface area contributed by atoms with Crippen LogP contribution in [0.3, 0.4) is 0 Å². The van der Waals surface area contributed by atoms with Crippen LogP contribution in [0.15, 0.2) is 65.6 Å². The molecular formula is C29H26N2O6S. The number of thioether (sulfide) groups is 1. The highest BCUT2D eigenvalue weighted by atomic mass is 32.2. The summed E-state index contributed by atoms with van der Waals surface area (Å²) in [5, 5.41) is 2.30. The van der Waals surface area contributed by atoms with E-state index >= 15 is 0 Å². The number of carbonyl (C=O) groups is 4. The van der Waals surface area contributed by atoms with E-state index in [4.69, 9.17) is 9.47 Å². The molecule has 3 aromatic rings. The van der Waals surface area contributed by atoms with Gasteiger partial charge in [0.05, 0.1) is 17.6 Å². The van der Waals surface area contributed by atoms with Crippen LogP contribution in [0.25, 0.3) is 6.08 Å². The number of hydrogen-bond acceptors (Lipinski definition) is 7. The normalized spacial score (nSPS) is 14.1. The molecule has 0 aliphatic carbocycles. The number of ether oxygens (including phenoxy) is 2. The molecule has 194 valence electrons. The molecule has 38 heavy (non-hydrogen) atoms. The molecule has 1 fully saturated rings. The number of carbonyl (C=O) groups excluding carboxylic acids is 4. The van der Waals surface area contributed by atoms with Crippen LogP contribution >= 0.6 is 11.8 Å². The molecule has 1 aliphatic heterocycles. The van der Waals surface area contributed by atoms with Crippen LogP contribution < -0.4 is 14.8 Å². The van der Waals surface area contributed by atoms with Crippen LogP contribution in [0.1, 0.15) is 32.6 Å². The van der Waals surface area contributed by atoms with Crippen LogP contribution in [0.4, 0.5) is 10.5 Å². The Hall–Kier alpha value is -4.37. The molecule has 1 heterocycles. The second-order valence-corrected chi connectivity index (χ2v) is 9.77. The quantitative estimate of drug-likeness (QED) is 0.244. The molecule has 0 aromatic heterocycles. The van der Waals surface area contributed by atoms with E-state index in [0.29, 0.717) is 28.3 Å². The monoisotopic (exact) mass is 530 g/mol. The molecule has 1 N–H and O–H groups in total. The van der Waals surface area contributed by atoms with Gasteiger partial charge in [-0.25, -0.2) is 4.79 Å². The van der Waals surface area contributed by atoms with E-state index in [0.717, 1.165) is 33.4 Å². The third-order valence-electron chi connectivity index (χ3n) is 5.83. The van der Waals surface area contributed by atoms with Crippen LogP contribution in [-0.2, 0) is 9.59 Å². The summed E-state index contributed by atoms with van der Waals surface area (Å²) in [6, 6.07) is 17.0. The molecular weight excluding hydrogens is 504 g/mol. The third kappa shape index (κ3) is 6.12. The summed E-state index contributed by atoms with van der Waals surface area (Å²) in [5.74, 6) is -0.549. The number of methoxy groups -OCH3 is 1. The van der Waals surface area contributed by atoms with Gasteiger partial charge in [-0.15, -0.1) is 0 Å². The zero-order valence-electron chi connectivity index (χ0n) is 21.4. The Balaban J connectivity index is 1.39. The van der Waals surface area contributed by atoms with Gasteiger partial charge >= 0.3 is 5.97 Å². The predicted octanol–water partition coefficient (Wildman–Crippen LogP) is 5.51. The van der Waals surface area contributed by atoms with Gasteiger partial charge in [-0.3, -0.25) is 19.3 Å². The largest absolute Gasteiger partial charge is 0.497 e. The van der Waals surface area contributed by atoms with Gasteiger partial charge in [0.15, 0.2) is 0 Å². The first-order valence-corrected chi connectivity index (χ1v) is 12.6. The Bertz CT molecular complexity index is 1420. The topological polar surface area (TPSA) is 102 Å². The van der Waals surface area contributed by atoms with Crippen molar-refractivity contribution in [2.75, 3.05) is 19.0 Å². The Morgan fingerprint density at radius 1 is 0.921 bits per heavy atom. The SMILES string of the molecule is COc1ccc(C(=O)Oc2ccc(/C=C3/SC(=O)N(CC(=O)Nc4c(C)cc(C)cc4C)C3=O)cc2)cc1. The highest BCUT2D eigenvalue weighted by Crippen LogP contribution is 2.32. The molecule has 0 bridgehead atoms. The van der Waals surface area contributed by atoms with Crippen molar-refractivity contribution >= 4 is 46.5 Å². The maximum absolute atomic E-state index is 12.9. The Morgan fingerprint density at radius 3 is 2.13 bits per heavy atom. The summed E-state index contributed by atoms with van der Waals surface area (Å²) < 4.78 is 10.5. The fourth-order valence-corrected chi connectivity index (χ4v) is 4.85. The van der Waals surface area contributed by atoms with Crippen LogP contribution in [0.5, 0.6) is 11.5 Å². The zero-order valence-corrected chi connectivity index (χ0v) is 22.2. The Kier molecular flexibility index (Phi) is 7.97. The minimum atomic E-state index is -0.539. The summed E-state index contributed by atoms with van der Waals surface area (Å²) in [4.78, 5) is 51.5. The van der Waals surface area contributed by atoms with E-state index in [1.807, 2.05) is 32.9 Å². The van der Waals surface area contributed by atoms with Crippen molar-refractivity contribution in [2.24, 2.45) is 0 Å². The van der Waals surface area contributed by atoms with Crippen LogP contribution in [0, 0.1) is 20.8 Å². The van der Waals surface area contributed by atoms with E-state index in [-0.39, 0.29) is 11.4 Å². The average molecular weight is 531 g/mol. The minimum absolute atomic E-state index is 0.202. The molecule has 4 rings (SSSR count). The van der Waals surface area contributed by atoms with Gasteiger partial charge in [0, 0.05) is 5.69 Å². The molecule has 9 heteroatoms. The second kappa shape index (κ2) is 11.4. The third-order valence-corrected chi connectivity index (χ3v) is 6.74. The molecule has 0 radical (unpaired) electrons. The van der Waals surface area contributed by atoms with E-state index in [9.17, 15) is 19.2 Å². The molecule has 1 aliphatic rings. The number of amides is 3. The number of rotatable bonds is 7. The lowest BCUT2D eigenvalue weighted by Gasteiger charge is -2.15. The molecule has 0 atom stereocenters. The van der Waals surface area contributed by atoms with E-state index in [1.165, 1.54) is 0 Å². The average Bonchev–Trinajstić information content (AvgIpc) is 3.14. The first kappa shape index (κ1) is 26.7. The van der Waals surface area contributed by atoms with Crippen molar-refractivity contribution in [1.29, 1.82) is 0 Å². The smallest absolute Gasteiger partial charge is 0.343 e. The molecule has 3 amide bonds. The van der Waals surface area contributed by atoms with Crippen LogP contribution in [-0.4, -0.2) is 41.6 Å². The number of benzene rings is 3. The van der Waals surface area contributed by atoms with Gasteiger partial charge in [0.1, 0.15) is 18.0 Å². The van der Waals surface area contributed by atoms with Crippen molar-refractivity contribution < 1.29 is 28.7 Å². The first-order chi connectivity index (χ1) is 18.1. The Morgan fingerprint density at radius 2 is 1.53 bits per heavy atom. The summed E-state index contributed by atoms with van der Waals surface area (Å²) in [6.45, 7) is 5.38. The summed E-state index contributed by atoms with van der Waals surface area (Å²) >= 11 is 0.771. The minimum Gasteiger partial charge on any atom is -0.497 e. The highest BCUT2D eigenvalue weighted by Gasteiger charge is 2.36. The summed E-state index contributed by atoms with van der Waals surface area (Å²) in [5.41, 5.74) is 4.58. The number of nitrogens with zero attached hydrogens (tertiary/aromatic N) is 1. The van der Waals surface area contributed by atoms with Crippen molar-refractivity contribution in [1.82, 2.24) is 4.90 Å². The van der Waals surface area contributed by atoms with Crippen molar-refractivity contribution in [3.8, 4) is 11.5 Å². The fraction of sp³-hybridized carbons (Fsp3) is 0.172. The van der Waals surface area contributed by atoms with Crippen molar-refractivity contribution in [3.05, 3.63) is 93.4 Å². The molecule has 0 saturated carbocycles. The number of hydrogen-bond donors (Lipinski definition) is 1. The molecule has 0 spiro atoms. The van der Waals surface area contributed by atoms with E-state index in [1.54, 1.807) is 61.7 Å². The number of aryl methyl sites for hydroxylation is 3. The maximum Gasteiger partial charge on any atom is 0.343 e. The van der Waals surface area contributed by atoms with E-state index < -0.39 is 23.0 Å². The Labute approximate surface area is 224 Å². The lowest BCUT2D eigenvalue weighted by molar-refractivity contribution is -0.127. The van der Waals surface area contributed by atoms with Gasteiger partial charge in [0.2, 0.25) is 5.91 Å². The number of nitrogens with one attached hydrogen (secondary N) is 1. The number of esters is 1. The predicted molar refractivity (Wildman–Crippen MR) is 146 cm³/mol. The highest BCUT2D eigenvalue weighted by molar-refractivity contribution is 8.18. The van der Waals surface area contributed by atoms with Crippen LogP contribution in [0.2, 0.25) is 0 Å². The van der Waals surface area contributed by atoms with Gasteiger partial charge < -0.3 is 14.8 Å². The van der Waals surface area contributed by atoms with E-state index in [2.05, 4.69) is 5.32 Å².